The molecule has 2 unspecified atom stereocenters. The van der Waals surface area contributed by atoms with Gasteiger partial charge in [-0.1, -0.05) is 37.3 Å². The Morgan fingerprint density at radius 3 is 2.76 bits per heavy atom. The molecule has 3 rings (SSSR count). The quantitative estimate of drug-likeness (QED) is 0.902. The Balaban J connectivity index is 1.91. The van der Waals surface area contributed by atoms with Gasteiger partial charge in [0.25, 0.3) is 0 Å². The van der Waals surface area contributed by atoms with E-state index >= 15 is 0 Å². The normalized spacial score (nSPS) is 18.5. The number of halogens is 2. The highest BCUT2D eigenvalue weighted by molar-refractivity contribution is 8.00. The molecule has 0 radical (unpaired) electrons. The van der Waals surface area contributed by atoms with E-state index in [0.717, 1.165) is 6.42 Å². The summed E-state index contributed by atoms with van der Waals surface area (Å²) in [5, 5.41) is 3.50. The monoisotopic (exact) mass is 305 g/mol. The number of thioether (sulfide) groups is 1. The topological polar surface area (TPSA) is 12.0 Å². The number of hydrogen-bond acceptors (Lipinski definition) is 2. The van der Waals surface area contributed by atoms with Crippen LogP contribution in [0.2, 0.25) is 0 Å². The molecule has 21 heavy (non-hydrogen) atoms. The van der Waals surface area contributed by atoms with E-state index in [9.17, 15) is 8.78 Å². The third kappa shape index (κ3) is 2.83. The number of fused-ring (bicyclic) bond motifs is 1. The summed E-state index contributed by atoms with van der Waals surface area (Å²) in [7, 11) is 0. The van der Waals surface area contributed by atoms with Crippen molar-refractivity contribution in [1.82, 2.24) is 5.32 Å². The molecule has 1 aliphatic rings. The molecule has 1 nitrogen and oxygen atoms in total. The summed E-state index contributed by atoms with van der Waals surface area (Å²) in [6.07, 6.45) is 0.870. The van der Waals surface area contributed by atoms with Crippen LogP contribution in [0.4, 0.5) is 8.78 Å². The first-order valence-electron chi connectivity index (χ1n) is 7.12. The maximum absolute atomic E-state index is 14.1. The lowest BCUT2D eigenvalue weighted by atomic mass is 9.98. The summed E-state index contributed by atoms with van der Waals surface area (Å²) in [5.74, 6) is -1.52. The average molecular weight is 305 g/mol. The zero-order chi connectivity index (χ0) is 14.8. The van der Waals surface area contributed by atoms with Gasteiger partial charge >= 0.3 is 0 Å². The molecular weight excluding hydrogens is 288 g/mol. The SMILES string of the molecule is CCNC(c1cccc(F)c1F)C1Cc2ccccc2S1. The van der Waals surface area contributed by atoms with Gasteiger partial charge in [-0.25, -0.2) is 8.78 Å². The standard InChI is InChI=1S/C17H17F2NS/c1-2-20-17(12-7-5-8-13(18)16(12)19)15-10-11-6-3-4-9-14(11)21-15/h3-9,15,17,20H,2,10H2,1H3. The van der Waals surface area contributed by atoms with Crippen molar-refractivity contribution in [2.45, 2.75) is 29.5 Å². The van der Waals surface area contributed by atoms with Crippen LogP contribution in [0.3, 0.4) is 0 Å². The molecule has 0 aliphatic carbocycles. The fourth-order valence-corrected chi connectivity index (χ4v) is 4.24. The number of hydrogen-bond donors (Lipinski definition) is 1. The maximum Gasteiger partial charge on any atom is 0.163 e. The van der Waals surface area contributed by atoms with Gasteiger partial charge in [0.2, 0.25) is 0 Å². The molecule has 2 aromatic rings. The molecule has 0 aromatic heterocycles. The number of rotatable bonds is 4. The molecule has 0 saturated carbocycles. The highest BCUT2D eigenvalue weighted by atomic mass is 32.2. The van der Waals surface area contributed by atoms with Gasteiger partial charge in [-0.15, -0.1) is 11.8 Å². The second-order valence-corrected chi connectivity index (χ2v) is 6.43. The predicted octanol–water partition coefficient (Wildman–Crippen LogP) is 4.33. The van der Waals surface area contributed by atoms with Crippen LogP contribution in [0.15, 0.2) is 47.4 Å². The van der Waals surface area contributed by atoms with Crippen molar-refractivity contribution >= 4 is 11.8 Å². The van der Waals surface area contributed by atoms with E-state index in [-0.39, 0.29) is 11.3 Å². The summed E-state index contributed by atoms with van der Waals surface area (Å²) in [6.45, 7) is 2.70. The molecule has 1 N–H and O–H groups in total. The van der Waals surface area contributed by atoms with E-state index in [1.54, 1.807) is 23.9 Å². The zero-order valence-electron chi connectivity index (χ0n) is 11.8. The van der Waals surface area contributed by atoms with E-state index in [1.807, 2.05) is 19.1 Å². The Hall–Kier alpha value is -1.39. The van der Waals surface area contributed by atoms with E-state index in [0.29, 0.717) is 12.1 Å². The first-order chi connectivity index (χ1) is 10.2. The van der Waals surface area contributed by atoms with Crippen molar-refractivity contribution in [3.05, 3.63) is 65.2 Å². The van der Waals surface area contributed by atoms with Gasteiger partial charge in [-0.3, -0.25) is 0 Å². The summed E-state index contributed by atoms with van der Waals surface area (Å²) < 4.78 is 27.7. The number of benzene rings is 2. The molecule has 1 aliphatic heterocycles. The molecule has 110 valence electrons. The Labute approximate surface area is 127 Å². The minimum absolute atomic E-state index is 0.179. The molecular formula is C17H17F2NS. The van der Waals surface area contributed by atoms with Gasteiger partial charge in [0.1, 0.15) is 0 Å². The van der Waals surface area contributed by atoms with Gasteiger partial charge in [-0.05, 0) is 30.7 Å². The van der Waals surface area contributed by atoms with Crippen molar-refractivity contribution in [3.63, 3.8) is 0 Å². The third-order valence-electron chi connectivity index (χ3n) is 3.78. The minimum Gasteiger partial charge on any atom is -0.309 e. The Morgan fingerprint density at radius 1 is 1.19 bits per heavy atom. The summed E-state index contributed by atoms with van der Waals surface area (Å²) >= 11 is 1.74. The Morgan fingerprint density at radius 2 is 2.00 bits per heavy atom. The van der Waals surface area contributed by atoms with Crippen LogP contribution in [0.1, 0.15) is 24.1 Å². The number of nitrogens with one attached hydrogen (secondary N) is 1. The largest absolute Gasteiger partial charge is 0.309 e. The molecule has 0 bridgehead atoms. The van der Waals surface area contributed by atoms with Crippen LogP contribution < -0.4 is 5.32 Å². The second-order valence-electron chi connectivity index (χ2n) is 5.15. The minimum atomic E-state index is -0.782. The van der Waals surface area contributed by atoms with Gasteiger partial charge < -0.3 is 5.32 Å². The molecule has 1 heterocycles. The Kier molecular flexibility index (Phi) is 4.27. The smallest absolute Gasteiger partial charge is 0.163 e. The first-order valence-corrected chi connectivity index (χ1v) is 8.00. The molecule has 2 aromatic carbocycles. The van der Waals surface area contributed by atoms with Crippen LogP contribution in [-0.2, 0) is 6.42 Å². The molecule has 0 saturated heterocycles. The Bertz CT molecular complexity index is 619. The van der Waals surface area contributed by atoms with Gasteiger partial charge in [-0.2, -0.15) is 0 Å². The van der Waals surface area contributed by atoms with Crippen LogP contribution in [0.5, 0.6) is 0 Å². The molecule has 0 fully saturated rings. The third-order valence-corrected chi connectivity index (χ3v) is 5.18. The first kappa shape index (κ1) is 14.5. The van der Waals surface area contributed by atoms with Crippen LogP contribution in [0, 0.1) is 11.6 Å². The van der Waals surface area contributed by atoms with Gasteiger partial charge in [0.05, 0.1) is 0 Å². The van der Waals surface area contributed by atoms with Gasteiger partial charge in [0, 0.05) is 21.8 Å². The molecule has 4 heteroatoms. The zero-order valence-corrected chi connectivity index (χ0v) is 12.6. The highest BCUT2D eigenvalue weighted by Gasteiger charge is 2.31. The lowest BCUT2D eigenvalue weighted by molar-refractivity contribution is 0.459. The average Bonchev–Trinajstić information content (AvgIpc) is 2.91. The second kappa shape index (κ2) is 6.16. The molecule has 0 amide bonds. The van der Waals surface area contributed by atoms with E-state index < -0.39 is 11.6 Å². The maximum atomic E-state index is 14.1. The van der Waals surface area contributed by atoms with E-state index in [2.05, 4.69) is 17.4 Å². The van der Waals surface area contributed by atoms with Crippen LogP contribution >= 0.6 is 11.8 Å². The van der Waals surface area contributed by atoms with Crippen molar-refractivity contribution in [2.75, 3.05) is 6.54 Å². The summed E-state index contributed by atoms with van der Waals surface area (Å²) in [4.78, 5) is 1.24. The van der Waals surface area contributed by atoms with Crippen LogP contribution in [0.25, 0.3) is 0 Å². The fourth-order valence-electron chi connectivity index (χ4n) is 2.82. The fraction of sp³-hybridized carbons (Fsp3) is 0.294. The van der Waals surface area contributed by atoms with Crippen molar-refractivity contribution < 1.29 is 8.78 Å². The molecule has 0 spiro atoms. The predicted molar refractivity (Wildman–Crippen MR) is 82.6 cm³/mol. The highest BCUT2D eigenvalue weighted by Crippen LogP contribution is 2.43. The summed E-state index contributed by atoms with van der Waals surface area (Å²) in [5.41, 5.74) is 1.70. The van der Waals surface area contributed by atoms with E-state index in [1.165, 1.54) is 16.5 Å². The van der Waals surface area contributed by atoms with E-state index in [4.69, 9.17) is 0 Å². The lowest BCUT2D eigenvalue weighted by Crippen LogP contribution is -2.31. The van der Waals surface area contributed by atoms with Gasteiger partial charge in [0.15, 0.2) is 11.6 Å². The van der Waals surface area contributed by atoms with Crippen molar-refractivity contribution in [1.29, 1.82) is 0 Å². The summed E-state index contributed by atoms with van der Waals surface area (Å²) in [6, 6.07) is 12.5. The van der Waals surface area contributed by atoms with Crippen molar-refractivity contribution in [2.24, 2.45) is 0 Å². The van der Waals surface area contributed by atoms with Crippen LogP contribution in [-0.4, -0.2) is 11.8 Å². The molecule has 2 atom stereocenters. The van der Waals surface area contributed by atoms with Crippen molar-refractivity contribution in [3.8, 4) is 0 Å². The lowest BCUT2D eigenvalue weighted by Gasteiger charge is -2.24.